The Balaban J connectivity index is 1.91. The standard InChI is InChI=1S/C16H17ClN4/c1-11(2)21-15(20-14-7-4-8-18-16(14)21)10-19-13-6-3-5-12(17)9-13/h3-9,11,19H,10H2,1-2H3. The van der Waals surface area contributed by atoms with Gasteiger partial charge in [0.05, 0.1) is 6.54 Å². The molecule has 0 radical (unpaired) electrons. The Kier molecular flexibility index (Phi) is 3.80. The molecule has 0 fully saturated rings. The van der Waals surface area contributed by atoms with Crippen LogP contribution < -0.4 is 5.32 Å². The molecule has 0 aliphatic rings. The molecule has 0 saturated heterocycles. The largest absolute Gasteiger partial charge is 0.378 e. The van der Waals surface area contributed by atoms with E-state index >= 15 is 0 Å². The minimum absolute atomic E-state index is 0.307. The van der Waals surface area contributed by atoms with Crippen LogP contribution in [0.25, 0.3) is 11.2 Å². The van der Waals surface area contributed by atoms with Crippen LogP contribution in [-0.4, -0.2) is 14.5 Å². The molecule has 0 atom stereocenters. The van der Waals surface area contributed by atoms with Gasteiger partial charge < -0.3 is 9.88 Å². The molecule has 0 aliphatic carbocycles. The van der Waals surface area contributed by atoms with Crippen molar-refractivity contribution in [1.82, 2.24) is 14.5 Å². The van der Waals surface area contributed by atoms with Gasteiger partial charge in [-0.1, -0.05) is 17.7 Å². The molecular formula is C16H17ClN4. The van der Waals surface area contributed by atoms with E-state index in [-0.39, 0.29) is 0 Å². The van der Waals surface area contributed by atoms with Crippen molar-refractivity contribution < 1.29 is 0 Å². The van der Waals surface area contributed by atoms with Crippen molar-refractivity contribution in [2.75, 3.05) is 5.32 Å². The van der Waals surface area contributed by atoms with Crippen LogP contribution in [0.3, 0.4) is 0 Å². The lowest BCUT2D eigenvalue weighted by Gasteiger charge is -2.13. The Morgan fingerprint density at radius 1 is 1.24 bits per heavy atom. The van der Waals surface area contributed by atoms with Crippen LogP contribution in [-0.2, 0) is 6.54 Å². The number of aromatic nitrogens is 3. The molecule has 1 N–H and O–H groups in total. The fourth-order valence-corrected chi connectivity index (χ4v) is 2.61. The Bertz CT molecular complexity index is 764. The molecule has 2 aromatic heterocycles. The number of hydrogen-bond donors (Lipinski definition) is 1. The average molecular weight is 301 g/mol. The van der Waals surface area contributed by atoms with Crippen LogP contribution in [0.2, 0.25) is 5.02 Å². The second-order valence-corrected chi connectivity index (χ2v) is 5.64. The Labute approximate surface area is 128 Å². The molecule has 0 spiro atoms. The van der Waals surface area contributed by atoms with Crippen molar-refractivity contribution in [1.29, 1.82) is 0 Å². The third-order valence-electron chi connectivity index (χ3n) is 3.31. The highest BCUT2D eigenvalue weighted by Crippen LogP contribution is 2.21. The molecule has 0 amide bonds. The SMILES string of the molecule is CC(C)n1c(CNc2cccc(Cl)c2)nc2cccnc21. The van der Waals surface area contributed by atoms with E-state index in [4.69, 9.17) is 11.6 Å². The number of nitrogens with one attached hydrogen (secondary N) is 1. The maximum Gasteiger partial charge on any atom is 0.160 e. The maximum absolute atomic E-state index is 6.00. The van der Waals surface area contributed by atoms with E-state index in [2.05, 4.69) is 33.7 Å². The molecule has 1 aromatic carbocycles. The third-order valence-corrected chi connectivity index (χ3v) is 3.55. The van der Waals surface area contributed by atoms with Gasteiger partial charge in [-0.2, -0.15) is 0 Å². The Hall–Kier alpha value is -2.07. The van der Waals surface area contributed by atoms with Crippen LogP contribution >= 0.6 is 11.6 Å². The molecular weight excluding hydrogens is 284 g/mol. The smallest absolute Gasteiger partial charge is 0.160 e. The van der Waals surface area contributed by atoms with E-state index < -0.39 is 0 Å². The number of rotatable bonds is 4. The zero-order valence-electron chi connectivity index (χ0n) is 12.0. The van der Waals surface area contributed by atoms with Crippen molar-refractivity contribution in [2.24, 2.45) is 0 Å². The lowest BCUT2D eigenvalue weighted by Crippen LogP contribution is -2.11. The molecule has 3 rings (SSSR count). The fourth-order valence-electron chi connectivity index (χ4n) is 2.42. The molecule has 0 saturated carbocycles. The highest BCUT2D eigenvalue weighted by Gasteiger charge is 2.13. The van der Waals surface area contributed by atoms with Gasteiger partial charge in [-0.3, -0.25) is 0 Å². The van der Waals surface area contributed by atoms with Crippen molar-refractivity contribution in [3.05, 3.63) is 53.4 Å². The van der Waals surface area contributed by atoms with Gasteiger partial charge in [0.1, 0.15) is 11.3 Å². The van der Waals surface area contributed by atoms with Gasteiger partial charge in [-0.15, -0.1) is 0 Å². The highest BCUT2D eigenvalue weighted by atomic mass is 35.5. The number of nitrogens with zero attached hydrogens (tertiary/aromatic N) is 3. The van der Waals surface area contributed by atoms with Crippen molar-refractivity contribution >= 4 is 28.5 Å². The molecule has 2 heterocycles. The van der Waals surface area contributed by atoms with Crippen molar-refractivity contribution in [3.8, 4) is 0 Å². The molecule has 108 valence electrons. The summed E-state index contributed by atoms with van der Waals surface area (Å²) in [5.74, 6) is 0.971. The van der Waals surface area contributed by atoms with E-state index in [0.717, 1.165) is 27.7 Å². The summed E-state index contributed by atoms with van der Waals surface area (Å²) in [4.78, 5) is 9.12. The monoisotopic (exact) mass is 300 g/mol. The summed E-state index contributed by atoms with van der Waals surface area (Å²) >= 11 is 6.00. The lowest BCUT2D eigenvalue weighted by atomic mass is 10.3. The van der Waals surface area contributed by atoms with Crippen LogP contribution in [0.5, 0.6) is 0 Å². The highest BCUT2D eigenvalue weighted by molar-refractivity contribution is 6.30. The summed E-state index contributed by atoms with van der Waals surface area (Å²) in [6.45, 7) is 4.91. The molecule has 4 nitrogen and oxygen atoms in total. The predicted octanol–water partition coefficient (Wildman–Crippen LogP) is 4.28. The van der Waals surface area contributed by atoms with Crippen LogP contribution in [0.1, 0.15) is 25.7 Å². The number of halogens is 1. The molecule has 0 unspecified atom stereocenters. The van der Waals surface area contributed by atoms with E-state index in [1.807, 2.05) is 36.4 Å². The second-order valence-electron chi connectivity index (χ2n) is 5.20. The molecule has 21 heavy (non-hydrogen) atoms. The van der Waals surface area contributed by atoms with E-state index in [9.17, 15) is 0 Å². The van der Waals surface area contributed by atoms with Crippen molar-refractivity contribution in [3.63, 3.8) is 0 Å². The first-order valence-electron chi connectivity index (χ1n) is 6.96. The summed E-state index contributed by atoms with van der Waals surface area (Å²) in [5, 5.41) is 4.08. The fraction of sp³-hybridized carbons (Fsp3) is 0.250. The van der Waals surface area contributed by atoms with E-state index in [1.54, 1.807) is 6.20 Å². The topological polar surface area (TPSA) is 42.7 Å². The predicted molar refractivity (Wildman–Crippen MR) is 86.7 cm³/mol. The molecule has 5 heteroatoms. The lowest BCUT2D eigenvalue weighted by molar-refractivity contribution is 0.585. The second kappa shape index (κ2) is 5.74. The Morgan fingerprint density at radius 3 is 2.86 bits per heavy atom. The average Bonchev–Trinajstić information content (AvgIpc) is 2.83. The van der Waals surface area contributed by atoms with Gasteiger partial charge in [0.15, 0.2) is 5.65 Å². The number of fused-ring (bicyclic) bond motifs is 1. The third kappa shape index (κ3) is 2.85. The minimum atomic E-state index is 0.307. The van der Waals surface area contributed by atoms with Gasteiger partial charge in [-0.05, 0) is 44.2 Å². The van der Waals surface area contributed by atoms with Gasteiger partial charge in [0.25, 0.3) is 0 Å². The van der Waals surface area contributed by atoms with Gasteiger partial charge >= 0.3 is 0 Å². The van der Waals surface area contributed by atoms with Gasteiger partial charge in [0, 0.05) is 22.9 Å². The van der Waals surface area contributed by atoms with E-state index in [0.29, 0.717) is 12.6 Å². The van der Waals surface area contributed by atoms with Crippen LogP contribution in [0.15, 0.2) is 42.6 Å². The minimum Gasteiger partial charge on any atom is -0.378 e. The van der Waals surface area contributed by atoms with Gasteiger partial charge in [-0.25, -0.2) is 9.97 Å². The summed E-state index contributed by atoms with van der Waals surface area (Å²) in [7, 11) is 0. The molecule has 3 aromatic rings. The number of hydrogen-bond acceptors (Lipinski definition) is 3. The van der Waals surface area contributed by atoms with Crippen molar-refractivity contribution in [2.45, 2.75) is 26.4 Å². The molecule has 0 aliphatic heterocycles. The normalized spacial score (nSPS) is 11.2. The maximum atomic E-state index is 6.00. The van der Waals surface area contributed by atoms with E-state index in [1.165, 1.54) is 0 Å². The first-order valence-corrected chi connectivity index (χ1v) is 7.34. The number of anilines is 1. The summed E-state index contributed by atoms with van der Waals surface area (Å²) in [6, 6.07) is 11.9. The summed E-state index contributed by atoms with van der Waals surface area (Å²) in [5.41, 5.74) is 2.84. The quantitative estimate of drug-likeness (QED) is 0.782. The van der Waals surface area contributed by atoms with Crippen LogP contribution in [0.4, 0.5) is 5.69 Å². The number of imidazole rings is 1. The first-order chi connectivity index (χ1) is 10.1. The number of benzene rings is 1. The number of pyridine rings is 1. The summed E-state index contributed by atoms with van der Waals surface area (Å²) < 4.78 is 2.16. The van der Waals surface area contributed by atoms with Gasteiger partial charge in [0.2, 0.25) is 0 Å². The van der Waals surface area contributed by atoms with Crippen LogP contribution in [0, 0.1) is 0 Å². The Morgan fingerprint density at radius 2 is 2.10 bits per heavy atom. The molecule has 0 bridgehead atoms. The first kappa shape index (κ1) is 13.9. The zero-order chi connectivity index (χ0) is 14.8. The zero-order valence-corrected chi connectivity index (χ0v) is 12.8. The summed E-state index contributed by atoms with van der Waals surface area (Å²) in [6.07, 6.45) is 1.80.